The van der Waals surface area contributed by atoms with Gasteiger partial charge in [0, 0.05) is 0 Å². The molecule has 0 radical (unpaired) electrons. The molecule has 0 N–H and O–H groups in total. The van der Waals surface area contributed by atoms with Gasteiger partial charge >= 0.3 is 0 Å². The van der Waals surface area contributed by atoms with E-state index < -0.39 is 11.6 Å². The molecule has 140 valence electrons. The normalized spacial score (nSPS) is 29.1. The molecule has 3 rings (SSSR count). The number of rotatable bonds is 6. The molecule has 0 spiro atoms. The maximum Gasteiger partial charge on any atom is 0.204 e. The van der Waals surface area contributed by atoms with Gasteiger partial charge in [-0.1, -0.05) is 26.2 Å². The van der Waals surface area contributed by atoms with Crippen molar-refractivity contribution in [3.8, 4) is 11.5 Å². The number of hydrogen-bond acceptors (Lipinski definition) is 2. The van der Waals surface area contributed by atoms with E-state index in [4.69, 9.17) is 9.47 Å². The maximum absolute atomic E-state index is 14.0. The fourth-order valence-electron chi connectivity index (χ4n) is 4.90. The van der Waals surface area contributed by atoms with Crippen molar-refractivity contribution in [3.63, 3.8) is 0 Å². The highest BCUT2D eigenvalue weighted by Gasteiger charge is 2.35. The molecule has 0 aliphatic heterocycles. The summed E-state index contributed by atoms with van der Waals surface area (Å²) in [5.74, 6) is 1.03. The van der Waals surface area contributed by atoms with Crippen molar-refractivity contribution in [2.24, 2.45) is 23.7 Å². The number of methoxy groups -OCH3 is 1. The van der Waals surface area contributed by atoms with Crippen LogP contribution in [0.25, 0.3) is 0 Å². The molecule has 2 aliphatic rings. The van der Waals surface area contributed by atoms with E-state index in [2.05, 4.69) is 6.92 Å². The van der Waals surface area contributed by atoms with E-state index in [9.17, 15) is 8.78 Å². The third kappa shape index (κ3) is 4.27. The van der Waals surface area contributed by atoms with Crippen LogP contribution in [0.1, 0.15) is 58.3 Å². The van der Waals surface area contributed by atoms with E-state index >= 15 is 0 Å². The zero-order valence-electron chi connectivity index (χ0n) is 15.4. The molecule has 4 heteroatoms. The van der Waals surface area contributed by atoms with E-state index in [1.807, 2.05) is 0 Å². The Kier molecular flexibility index (Phi) is 6.19. The summed E-state index contributed by atoms with van der Waals surface area (Å²) in [6.45, 7) is 2.76. The van der Waals surface area contributed by atoms with Crippen molar-refractivity contribution in [1.29, 1.82) is 0 Å². The predicted molar refractivity (Wildman–Crippen MR) is 95.0 cm³/mol. The monoisotopic (exact) mass is 352 g/mol. The van der Waals surface area contributed by atoms with Gasteiger partial charge < -0.3 is 9.47 Å². The number of halogens is 2. The zero-order valence-corrected chi connectivity index (χ0v) is 15.4. The first kappa shape index (κ1) is 18.5. The molecular weight excluding hydrogens is 322 g/mol. The lowest BCUT2D eigenvalue weighted by atomic mass is 9.64. The number of benzene rings is 1. The molecule has 2 fully saturated rings. The molecular formula is C21H30F2O2. The highest BCUT2D eigenvalue weighted by molar-refractivity contribution is 5.34. The lowest BCUT2D eigenvalue weighted by Gasteiger charge is -2.42. The minimum atomic E-state index is -0.974. The smallest absolute Gasteiger partial charge is 0.204 e. The van der Waals surface area contributed by atoms with Crippen LogP contribution in [0.5, 0.6) is 11.5 Å². The minimum Gasteiger partial charge on any atom is -0.494 e. The Balaban J connectivity index is 1.52. The van der Waals surface area contributed by atoms with Gasteiger partial charge in [-0.05, 0) is 67.9 Å². The summed E-state index contributed by atoms with van der Waals surface area (Å²) in [6.07, 6.45) is 10.3. The lowest BCUT2D eigenvalue weighted by molar-refractivity contribution is 0.0739. The Hall–Kier alpha value is -1.32. The molecule has 0 aromatic heterocycles. The quantitative estimate of drug-likeness (QED) is 0.626. The summed E-state index contributed by atoms with van der Waals surface area (Å²) in [4.78, 5) is 0. The SMILES string of the molecule is CCCC1CCC2CC(COc3ccc(OC)c(F)c3F)CCC2C1. The van der Waals surface area contributed by atoms with E-state index in [0.29, 0.717) is 12.5 Å². The van der Waals surface area contributed by atoms with Crippen LogP contribution in [0, 0.1) is 35.3 Å². The third-order valence-corrected chi connectivity index (χ3v) is 6.23. The first-order valence-electron chi connectivity index (χ1n) is 9.77. The molecule has 0 heterocycles. The topological polar surface area (TPSA) is 18.5 Å². The van der Waals surface area contributed by atoms with E-state index in [0.717, 1.165) is 24.2 Å². The van der Waals surface area contributed by atoms with Crippen molar-refractivity contribution in [1.82, 2.24) is 0 Å². The van der Waals surface area contributed by atoms with Gasteiger partial charge in [-0.3, -0.25) is 0 Å². The van der Waals surface area contributed by atoms with E-state index in [-0.39, 0.29) is 11.5 Å². The first-order chi connectivity index (χ1) is 12.1. The van der Waals surface area contributed by atoms with Crippen LogP contribution in [0.4, 0.5) is 8.78 Å². The summed E-state index contributed by atoms with van der Waals surface area (Å²) < 4.78 is 38.2. The van der Waals surface area contributed by atoms with Gasteiger partial charge in [-0.2, -0.15) is 8.78 Å². The second-order valence-electron chi connectivity index (χ2n) is 7.87. The average molecular weight is 352 g/mol. The molecule has 1 aromatic carbocycles. The molecule has 2 saturated carbocycles. The Morgan fingerprint density at radius 2 is 1.52 bits per heavy atom. The van der Waals surface area contributed by atoms with Crippen LogP contribution in [-0.4, -0.2) is 13.7 Å². The van der Waals surface area contributed by atoms with Gasteiger partial charge in [0.15, 0.2) is 11.5 Å². The first-order valence-corrected chi connectivity index (χ1v) is 9.77. The van der Waals surface area contributed by atoms with Gasteiger partial charge in [0.25, 0.3) is 0 Å². The number of ether oxygens (including phenoxy) is 2. The van der Waals surface area contributed by atoms with Gasteiger partial charge in [-0.15, -0.1) is 0 Å². The van der Waals surface area contributed by atoms with Crippen molar-refractivity contribution >= 4 is 0 Å². The van der Waals surface area contributed by atoms with Crippen LogP contribution in [0.2, 0.25) is 0 Å². The molecule has 1 aromatic rings. The Labute approximate surface area is 149 Å². The van der Waals surface area contributed by atoms with Crippen LogP contribution >= 0.6 is 0 Å². The second-order valence-corrected chi connectivity index (χ2v) is 7.87. The number of fused-ring (bicyclic) bond motifs is 1. The predicted octanol–water partition coefficient (Wildman–Crippen LogP) is 5.98. The Bertz CT molecular complexity index is 575. The molecule has 0 amide bonds. The van der Waals surface area contributed by atoms with Crippen molar-refractivity contribution < 1.29 is 18.3 Å². The van der Waals surface area contributed by atoms with Crippen LogP contribution in [0.15, 0.2) is 12.1 Å². The highest BCUT2D eigenvalue weighted by Crippen LogP contribution is 2.45. The molecule has 4 atom stereocenters. The van der Waals surface area contributed by atoms with Gasteiger partial charge in [0.1, 0.15) is 0 Å². The zero-order chi connectivity index (χ0) is 17.8. The van der Waals surface area contributed by atoms with Gasteiger partial charge in [0.2, 0.25) is 11.6 Å². The molecule has 25 heavy (non-hydrogen) atoms. The molecule has 2 nitrogen and oxygen atoms in total. The minimum absolute atomic E-state index is 0.00734. The standard InChI is InChI=1S/C21H30F2O2/c1-3-4-14-5-7-17-12-15(6-8-16(17)11-14)13-25-19-10-9-18(24-2)20(22)21(19)23/h9-10,14-17H,3-8,11-13H2,1-2H3. The summed E-state index contributed by atoms with van der Waals surface area (Å²) >= 11 is 0. The summed E-state index contributed by atoms with van der Waals surface area (Å²) in [5.41, 5.74) is 0. The second kappa shape index (κ2) is 8.37. The van der Waals surface area contributed by atoms with Crippen molar-refractivity contribution in [2.45, 2.75) is 58.3 Å². The molecule has 2 aliphatic carbocycles. The maximum atomic E-state index is 14.0. The highest BCUT2D eigenvalue weighted by atomic mass is 19.2. The van der Waals surface area contributed by atoms with E-state index in [1.165, 1.54) is 64.2 Å². The van der Waals surface area contributed by atoms with Crippen molar-refractivity contribution in [3.05, 3.63) is 23.8 Å². The fourth-order valence-corrected chi connectivity index (χ4v) is 4.90. The Morgan fingerprint density at radius 3 is 2.20 bits per heavy atom. The third-order valence-electron chi connectivity index (χ3n) is 6.23. The molecule has 0 bridgehead atoms. The Morgan fingerprint density at radius 1 is 0.920 bits per heavy atom. The van der Waals surface area contributed by atoms with Crippen LogP contribution in [0.3, 0.4) is 0 Å². The summed E-state index contributed by atoms with van der Waals surface area (Å²) in [6, 6.07) is 2.87. The number of hydrogen-bond donors (Lipinski definition) is 0. The van der Waals surface area contributed by atoms with Gasteiger partial charge in [0.05, 0.1) is 13.7 Å². The van der Waals surface area contributed by atoms with Crippen LogP contribution in [-0.2, 0) is 0 Å². The van der Waals surface area contributed by atoms with Crippen molar-refractivity contribution in [2.75, 3.05) is 13.7 Å². The molecule has 4 unspecified atom stereocenters. The summed E-state index contributed by atoms with van der Waals surface area (Å²) in [5, 5.41) is 0. The van der Waals surface area contributed by atoms with Crippen LogP contribution < -0.4 is 9.47 Å². The largest absolute Gasteiger partial charge is 0.494 e. The van der Waals surface area contributed by atoms with E-state index in [1.54, 1.807) is 0 Å². The fraction of sp³-hybridized carbons (Fsp3) is 0.714. The van der Waals surface area contributed by atoms with Gasteiger partial charge in [-0.25, -0.2) is 0 Å². The summed E-state index contributed by atoms with van der Waals surface area (Å²) in [7, 11) is 1.33. The average Bonchev–Trinajstić information content (AvgIpc) is 2.63. The molecule has 0 saturated heterocycles. The lowest BCUT2D eigenvalue weighted by Crippen LogP contribution is -2.33.